The van der Waals surface area contributed by atoms with Crippen molar-refractivity contribution in [2.75, 3.05) is 77.1 Å². The number of pyridine rings is 1. The van der Waals surface area contributed by atoms with Crippen LogP contribution in [0.15, 0.2) is 70.7 Å². The molecule has 228 valence electrons. The van der Waals surface area contributed by atoms with E-state index in [2.05, 4.69) is 86.1 Å². The average molecular weight is 596 g/mol. The molecule has 4 N–H and O–H groups in total. The van der Waals surface area contributed by atoms with Gasteiger partial charge in [0.25, 0.3) is 0 Å². The highest BCUT2D eigenvalue weighted by Crippen LogP contribution is 2.46. The Morgan fingerprint density at radius 2 is 1.31 bits per heavy atom. The quantitative estimate of drug-likeness (QED) is 0.124. The number of aliphatic hydroxyl groups is 4. The van der Waals surface area contributed by atoms with Crippen LogP contribution >= 0.6 is 11.8 Å². The maximum Gasteiger partial charge on any atom is 0.213 e. The number of aliphatic hydroxyl groups excluding tert-OH is 4. The van der Waals surface area contributed by atoms with E-state index < -0.39 is 0 Å². The molecule has 2 heterocycles. The molecule has 0 aliphatic carbocycles. The van der Waals surface area contributed by atoms with E-state index in [1.165, 1.54) is 32.1 Å². The normalized spacial score (nSPS) is 14.1. The third-order valence-electron chi connectivity index (χ3n) is 7.77. The molecule has 0 unspecified atom stereocenters. The van der Waals surface area contributed by atoms with Crippen LogP contribution in [-0.4, -0.2) is 102 Å². The lowest BCUT2D eigenvalue weighted by Crippen LogP contribution is -2.35. The minimum atomic E-state index is 0.113. The third-order valence-corrected chi connectivity index (χ3v) is 8.88. The molecule has 0 atom stereocenters. The summed E-state index contributed by atoms with van der Waals surface area (Å²) in [5.74, 6) is 0. The fourth-order valence-corrected chi connectivity index (χ4v) is 6.75. The lowest BCUT2D eigenvalue weighted by Gasteiger charge is -2.23. The van der Waals surface area contributed by atoms with Crippen molar-refractivity contribution >= 4 is 34.4 Å². The van der Waals surface area contributed by atoms with Crippen molar-refractivity contribution in [3.8, 4) is 0 Å². The Balaban J connectivity index is 1.47. The molecule has 1 aromatic heterocycles. The van der Waals surface area contributed by atoms with Crippen molar-refractivity contribution in [2.45, 2.75) is 37.1 Å². The van der Waals surface area contributed by atoms with Crippen LogP contribution < -0.4 is 9.47 Å². The van der Waals surface area contributed by atoms with Crippen molar-refractivity contribution in [3.05, 3.63) is 71.4 Å². The fourth-order valence-electron chi connectivity index (χ4n) is 5.61. The number of aromatic nitrogens is 1. The van der Waals surface area contributed by atoms with Gasteiger partial charge in [0.05, 0.1) is 42.5 Å². The molecule has 0 radical (unpaired) electrons. The Morgan fingerprint density at radius 3 is 2.00 bits per heavy atom. The van der Waals surface area contributed by atoms with E-state index in [-0.39, 0.29) is 26.4 Å². The van der Waals surface area contributed by atoms with E-state index in [1.807, 2.05) is 11.8 Å². The Morgan fingerprint density at radius 1 is 0.690 bits per heavy atom. The number of para-hydroxylation sites is 2. The monoisotopic (exact) mass is 595 g/mol. The first-order valence-electron chi connectivity index (χ1n) is 15.2. The lowest BCUT2D eigenvalue weighted by atomic mass is 10.1. The summed E-state index contributed by atoms with van der Waals surface area (Å²) in [5, 5.41) is 39.6. The molecule has 4 rings (SSSR count). The van der Waals surface area contributed by atoms with Crippen molar-refractivity contribution in [1.29, 1.82) is 0 Å². The summed E-state index contributed by atoms with van der Waals surface area (Å²) in [4.78, 5) is 7.94. The van der Waals surface area contributed by atoms with Crippen LogP contribution in [0.4, 0.5) is 5.69 Å². The predicted octanol–water partition coefficient (Wildman–Crippen LogP) is 3.17. The molecule has 0 saturated carbocycles. The molecule has 0 spiro atoms. The summed E-state index contributed by atoms with van der Waals surface area (Å²) >= 11 is 1.82. The number of fused-ring (bicyclic) bond motifs is 2. The maximum atomic E-state index is 9.32. The molecule has 9 heteroatoms. The number of thioether (sulfide) groups is 1. The summed E-state index contributed by atoms with van der Waals surface area (Å²) in [7, 11) is 0. The molecule has 3 aromatic rings. The molecular formula is C33H47N4O4S+. The molecular weight excluding hydrogens is 548 g/mol. The van der Waals surface area contributed by atoms with E-state index >= 15 is 0 Å². The van der Waals surface area contributed by atoms with Crippen LogP contribution in [0.25, 0.3) is 17.0 Å². The van der Waals surface area contributed by atoms with Crippen molar-refractivity contribution in [1.82, 2.24) is 9.80 Å². The van der Waals surface area contributed by atoms with Gasteiger partial charge in [-0.05, 0) is 62.2 Å². The molecule has 0 bridgehead atoms. The van der Waals surface area contributed by atoms with Crippen LogP contribution in [0.5, 0.6) is 0 Å². The van der Waals surface area contributed by atoms with Gasteiger partial charge in [-0.15, -0.1) is 0 Å². The van der Waals surface area contributed by atoms with E-state index in [0.717, 1.165) is 51.9 Å². The van der Waals surface area contributed by atoms with E-state index in [1.54, 1.807) is 0 Å². The minimum absolute atomic E-state index is 0.113. The van der Waals surface area contributed by atoms with Gasteiger partial charge in [0.1, 0.15) is 6.54 Å². The number of benzene rings is 2. The molecule has 8 nitrogen and oxygen atoms in total. The standard InChI is InChI=1S/C33H47N4O4S/c38-23-19-34(20-24-39)14-5-7-16-36-18-13-28(29-9-1-2-10-30(29)36)27-33-37(31-11-3-4-12-32(31)42-33)17-8-6-15-35(21-25-40)22-26-41/h1-4,9-13,18,27,38-41H,5-8,14-17,19-26H2/q+1. The summed E-state index contributed by atoms with van der Waals surface area (Å²) in [6.07, 6.45) is 8.57. The molecule has 0 saturated heterocycles. The number of unbranched alkanes of at least 4 members (excludes halogenated alkanes) is 2. The lowest BCUT2D eigenvalue weighted by molar-refractivity contribution is -0.671. The maximum absolute atomic E-state index is 9.32. The van der Waals surface area contributed by atoms with Gasteiger partial charge in [-0.2, -0.15) is 4.57 Å². The second-order valence-electron chi connectivity index (χ2n) is 10.7. The minimum Gasteiger partial charge on any atom is -0.395 e. The van der Waals surface area contributed by atoms with Gasteiger partial charge in [0.15, 0.2) is 6.20 Å². The first-order chi connectivity index (χ1) is 20.7. The van der Waals surface area contributed by atoms with E-state index in [9.17, 15) is 20.4 Å². The Kier molecular flexibility index (Phi) is 13.6. The highest BCUT2D eigenvalue weighted by Gasteiger charge is 2.25. The molecule has 42 heavy (non-hydrogen) atoms. The number of hydrogen-bond donors (Lipinski definition) is 4. The molecule has 2 aromatic carbocycles. The third kappa shape index (κ3) is 9.00. The topological polar surface area (TPSA) is 94.5 Å². The fraction of sp³-hybridized carbons (Fsp3) is 0.485. The van der Waals surface area contributed by atoms with Gasteiger partial charge in [-0.1, -0.05) is 36.0 Å². The van der Waals surface area contributed by atoms with E-state index in [0.29, 0.717) is 26.2 Å². The van der Waals surface area contributed by atoms with Crippen molar-refractivity contribution in [3.63, 3.8) is 0 Å². The molecule has 0 amide bonds. The zero-order chi connectivity index (χ0) is 29.6. The number of rotatable bonds is 19. The number of nitrogens with zero attached hydrogens (tertiary/aromatic N) is 4. The summed E-state index contributed by atoms with van der Waals surface area (Å²) in [6.45, 7) is 6.43. The van der Waals surface area contributed by atoms with Crippen LogP contribution in [0.2, 0.25) is 0 Å². The van der Waals surface area contributed by atoms with Gasteiger partial charge < -0.3 is 25.3 Å². The Bertz CT molecular complexity index is 1260. The van der Waals surface area contributed by atoms with Crippen molar-refractivity contribution < 1.29 is 25.0 Å². The van der Waals surface area contributed by atoms with Crippen LogP contribution in [0, 0.1) is 0 Å². The van der Waals surface area contributed by atoms with Gasteiger partial charge in [0.2, 0.25) is 5.52 Å². The predicted molar refractivity (Wildman–Crippen MR) is 171 cm³/mol. The highest BCUT2D eigenvalue weighted by atomic mass is 32.2. The van der Waals surface area contributed by atoms with Gasteiger partial charge >= 0.3 is 0 Å². The second-order valence-corrected chi connectivity index (χ2v) is 11.7. The molecule has 1 aliphatic heterocycles. The summed E-state index contributed by atoms with van der Waals surface area (Å²) in [6, 6.07) is 19.4. The van der Waals surface area contributed by atoms with E-state index in [4.69, 9.17) is 0 Å². The number of hydrogen-bond acceptors (Lipinski definition) is 8. The number of anilines is 1. The molecule has 0 fully saturated rings. The van der Waals surface area contributed by atoms with Crippen LogP contribution in [-0.2, 0) is 6.54 Å². The average Bonchev–Trinajstić information content (AvgIpc) is 3.35. The zero-order valence-electron chi connectivity index (χ0n) is 24.7. The second kappa shape index (κ2) is 17.6. The van der Waals surface area contributed by atoms with Crippen LogP contribution in [0.1, 0.15) is 31.2 Å². The smallest absolute Gasteiger partial charge is 0.213 e. The SMILES string of the molecule is OCCN(CCO)CCCCN1/C(=C\c2cc[n+](CCCCN(CCO)CCO)c3ccccc23)Sc2ccccc21. The Hall–Kier alpha value is -2.50. The number of aryl methyl sites for hydroxylation is 1. The van der Waals surface area contributed by atoms with Gasteiger partial charge in [-0.3, -0.25) is 9.80 Å². The zero-order valence-corrected chi connectivity index (χ0v) is 25.5. The molecule has 1 aliphatic rings. The summed E-state index contributed by atoms with van der Waals surface area (Å²) < 4.78 is 2.33. The van der Waals surface area contributed by atoms with Gasteiger partial charge in [-0.25, -0.2) is 0 Å². The largest absolute Gasteiger partial charge is 0.395 e. The highest BCUT2D eigenvalue weighted by molar-refractivity contribution is 8.03. The first-order valence-corrected chi connectivity index (χ1v) is 16.1. The summed E-state index contributed by atoms with van der Waals surface area (Å²) in [5.41, 5.74) is 3.67. The first kappa shape index (κ1) is 32.4. The van der Waals surface area contributed by atoms with Gasteiger partial charge in [0, 0.05) is 56.2 Å². The Labute approximate surface area is 254 Å². The van der Waals surface area contributed by atoms with Crippen molar-refractivity contribution in [2.24, 2.45) is 0 Å². The van der Waals surface area contributed by atoms with Crippen LogP contribution in [0.3, 0.4) is 0 Å².